The normalized spacial score (nSPS) is 14.8. The van der Waals surface area contributed by atoms with Crippen LogP contribution >= 0.6 is 0 Å². The summed E-state index contributed by atoms with van der Waals surface area (Å²) in [6.45, 7) is 7.52. The Morgan fingerprint density at radius 2 is 1.15 bits per heavy atom. The molecule has 1 atom stereocenters. The van der Waals surface area contributed by atoms with Gasteiger partial charge in [0, 0.05) is 120 Å². The van der Waals surface area contributed by atoms with Gasteiger partial charge >= 0.3 is 0 Å². The molecule has 2 aliphatic heterocycles. The molecule has 0 bridgehead atoms. The fourth-order valence-corrected chi connectivity index (χ4v) is 12.8. The van der Waals surface area contributed by atoms with E-state index in [0.717, 1.165) is 157 Å². The van der Waals surface area contributed by atoms with Crippen LogP contribution in [0.4, 0.5) is 8.78 Å². The van der Waals surface area contributed by atoms with E-state index in [4.69, 9.17) is 24.7 Å². The monoisotopic (exact) mass is 1150 g/mol. The fraction of sp³-hybridized carbons (Fsp3) is 0.197. The zero-order chi connectivity index (χ0) is 58.2. The van der Waals surface area contributed by atoms with Crippen LogP contribution in [0.15, 0.2) is 189 Å². The minimum absolute atomic E-state index is 0.0661. The standard InChI is InChI=1S/C71H62F2N12O2/c72-53-28-50(29-56(33-53)86-24-22-83-19-4-5-20-83)59-11-7-13-65-61(59)36-68(79-65)71-63-32-47(51-26-46(39-75-40-51)38-74-37-45-8-2-1-3-9-45)15-17-69(63)85(82-71)55-18-21-84(43-55)23-25-87-57-30-49(27-54(73)34-57)58-10-6-12-64-60(58)35-67(78-64)70-62-31-48(14-16-66(62)80-81-70)52-41-76-44-77-42-52/h1-3,6-17,26-36,39-42,44,55,74,78-79H,4-5,18-25,37-38,43H2,(H,80,81). The lowest BCUT2D eigenvalue weighted by molar-refractivity contribution is 0.232. The molecule has 0 spiro atoms. The maximum Gasteiger partial charge on any atom is 0.127 e. The van der Waals surface area contributed by atoms with Gasteiger partial charge in [0.25, 0.3) is 0 Å². The second-order valence-electron chi connectivity index (χ2n) is 22.9. The SMILES string of the molecule is Fc1cc(OCCN2CCC(n3nc(-c4cc5c(-c6cc(F)cc(OCCN7CCCC7)c6)cccc5[nH]4)c4cc(-c5cncc(CNCc6ccccc6)c5)ccc43)C2)cc(-c2cccc3[nH]c(-c4n[nH]c5ccc(-c6cncnc6)cc45)cc23)c1. The highest BCUT2D eigenvalue weighted by atomic mass is 19.1. The highest BCUT2D eigenvalue weighted by molar-refractivity contribution is 6.04. The first-order valence-corrected chi connectivity index (χ1v) is 29.9. The lowest BCUT2D eigenvalue weighted by Gasteiger charge is -2.17. The summed E-state index contributed by atoms with van der Waals surface area (Å²) in [6, 6.07) is 51.7. The molecule has 6 aromatic heterocycles. The quantitative estimate of drug-likeness (QED) is 0.0615. The van der Waals surface area contributed by atoms with Crippen molar-refractivity contribution in [2.75, 3.05) is 52.5 Å². The lowest BCUT2D eigenvalue weighted by Crippen LogP contribution is -2.27. The first-order valence-electron chi connectivity index (χ1n) is 29.9. The van der Waals surface area contributed by atoms with Crippen LogP contribution in [0.5, 0.6) is 11.5 Å². The van der Waals surface area contributed by atoms with Gasteiger partial charge in [-0.1, -0.05) is 66.7 Å². The topological polar surface area (TPSA) is 154 Å². The Morgan fingerprint density at radius 1 is 0.506 bits per heavy atom. The van der Waals surface area contributed by atoms with Crippen LogP contribution in [0, 0.1) is 11.6 Å². The van der Waals surface area contributed by atoms with Crippen molar-refractivity contribution in [1.82, 2.24) is 60.0 Å². The smallest absolute Gasteiger partial charge is 0.127 e. The molecule has 2 aliphatic rings. The van der Waals surface area contributed by atoms with Crippen molar-refractivity contribution < 1.29 is 18.3 Å². The van der Waals surface area contributed by atoms with E-state index in [0.29, 0.717) is 43.4 Å². The van der Waals surface area contributed by atoms with Crippen LogP contribution in [0.2, 0.25) is 0 Å². The average Bonchev–Trinajstić information content (AvgIpc) is 2.63. The molecule has 0 amide bonds. The first-order chi connectivity index (χ1) is 42.8. The maximum atomic E-state index is 15.7. The zero-order valence-corrected chi connectivity index (χ0v) is 47.8. The predicted molar refractivity (Wildman–Crippen MR) is 339 cm³/mol. The van der Waals surface area contributed by atoms with Crippen molar-refractivity contribution >= 4 is 43.6 Å². The summed E-state index contributed by atoms with van der Waals surface area (Å²) >= 11 is 0. The molecule has 87 heavy (non-hydrogen) atoms. The number of nitrogens with one attached hydrogen (secondary N) is 4. The Labute approximate surface area is 500 Å². The van der Waals surface area contributed by atoms with Gasteiger partial charge in [0.2, 0.25) is 0 Å². The minimum atomic E-state index is -0.376. The summed E-state index contributed by atoms with van der Waals surface area (Å²) in [5.74, 6) is 0.270. The van der Waals surface area contributed by atoms with E-state index in [9.17, 15) is 0 Å². The van der Waals surface area contributed by atoms with E-state index in [-0.39, 0.29) is 17.7 Å². The number of hydrogen-bond donors (Lipinski definition) is 4. The molecule has 7 aromatic carbocycles. The van der Waals surface area contributed by atoms with Gasteiger partial charge in [0.1, 0.15) is 54.1 Å². The van der Waals surface area contributed by atoms with Crippen molar-refractivity contribution in [2.45, 2.75) is 38.4 Å². The number of fused-ring (bicyclic) bond motifs is 4. The van der Waals surface area contributed by atoms with Crippen molar-refractivity contribution in [1.29, 1.82) is 0 Å². The predicted octanol–water partition coefficient (Wildman–Crippen LogP) is 14.4. The van der Waals surface area contributed by atoms with Gasteiger partial charge in [-0.3, -0.25) is 24.6 Å². The molecule has 15 rings (SSSR count). The van der Waals surface area contributed by atoms with E-state index in [1.165, 1.54) is 36.9 Å². The third-order valence-electron chi connectivity index (χ3n) is 17.1. The molecule has 8 heterocycles. The number of ether oxygens (including phenoxy) is 2. The Balaban J connectivity index is 0.683. The molecule has 0 aliphatic carbocycles. The van der Waals surface area contributed by atoms with Gasteiger partial charge in [-0.2, -0.15) is 10.2 Å². The highest BCUT2D eigenvalue weighted by Gasteiger charge is 2.28. The molecular formula is C71H62F2N12O2. The van der Waals surface area contributed by atoms with Crippen LogP contribution in [0.1, 0.15) is 36.4 Å². The van der Waals surface area contributed by atoms with Gasteiger partial charge in [0.15, 0.2) is 0 Å². The van der Waals surface area contributed by atoms with E-state index in [2.05, 4.69) is 118 Å². The number of nitrogens with zero attached hydrogens (tertiary/aromatic N) is 8. The summed E-state index contributed by atoms with van der Waals surface area (Å²) < 4.78 is 45.9. The van der Waals surface area contributed by atoms with E-state index in [1.807, 2.05) is 73.1 Å². The second-order valence-corrected chi connectivity index (χ2v) is 22.9. The number of H-pyrrole nitrogens is 3. The first kappa shape index (κ1) is 53.8. The zero-order valence-electron chi connectivity index (χ0n) is 47.8. The summed E-state index contributed by atoms with van der Waals surface area (Å²) in [5, 5.41) is 20.8. The minimum Gasteiger partial charge on any atom is -0.492 e. The van der Waals surface area contributed by atoms with Gasteiger partial charge in [-0.15, -0.1) is 0 Å². The summed E-state index contributed by atoms with van der Waals surface area (Å²) in [5.41, 5.74) is 16.6. The van der Waals surface area contributed by atoms with E-state index < -0.39 is 0 Å². The number of aromatic nitrogens is 9. The summed E-state index contributed by atoms with van der Waals surface area (Å²) in [7, 11) is 0. The van der Waals surface area contributed by atoms with Crippen molar-refractivity contribution in [2.24, 2.45) is 0 Å². The molecule has 432 valence electrons. The van der Waals surface area contributed by atoms with Gasteiger partial charge in [0.05, 0.1) is 28.5 Å². The van der Waals surface area contributed by atoms with Crippen LogP contribution in [-0.2, 0) is 13.1 Å². The largest absolute Gasteiger partial charge is 0.492 e. The summed E-state index contributed by atoms with van der Waals surface area (Å²) in [4.78, 5) is 25.2. The third-order valence-corrected chi connectivity index (χ3v) is 17.1. The average molecular weight is 1150 g/mol. The molecule has 1 unspecified atom stereocenters. The Hall–Kier alpha value is -9.87. The van der Waals surface area contributed by atoms with Crippen LogP contribution in [0.25, 0.3) is 111 Å². The number of likely N-dealkylation sites (tertiary alicyclic amines) is 2. The van der Waals surface area contributed by atoms with Gasteiger partial charge in [-0.25, -0.2) is 18.7 Å². The van der Waals surface area contributed by atoms with Crippen molar-refractivity contribution in [3.05, 3.63) is 212 Å². The second kappa shape index (κ2) is 23.5. The molecule has 2 fully saturated rings. The number of pyridine rings is 1. The van der Waals surface area contributed by atoms with Crippen LogP contribution in [0.3, 0.4) is 0 Å². The molecule has 14 nitrogen and oxygen atoms in total. The molecule has 4 N–H and O–H groups in total. The Morgan fingerprint density at radius 3 is 1.87 bits per heavy atom. The van der Waals surface area contributed by atoms with Crippen LogP contribution in [-0.4, -0.2) is 107 Å². The molecule has 0 radical (unpaired) electrons. The molecule has 16 heteroatoms. The molecule has 13 aromatic rings. The van der Waals surface area contributed by atoms with Crippen LogP contribution < -0.4 is 14.8 Å². The van der Waals surface area contributed by atoms with E-state index in [1.54, 1.807) is 24.5 Å². The number of rotatable bonds is 19. The lowest BCUT2D eigenvalue weighted by atomic mass is 10.0. The van der Waals surface area contributed by atoms with Crippen molar-refractivity contribution in [3.63, 3.8) is 0 Å². The van der Waals surface area contributed by atoms with Crippen molar-refractivity contribution in [3.8, 4) is 78.8 Å². The maximum absolute atomic E-state index is 15.7. The van der Waals surface area contributed by atoms with Gasteiger partial charge < -0.3 is 24.8 Å². The number of halogens is 2. The molecular weight excluding hydrogens is 1090 g/mol. The molecule has 0 saturated carbocycles. The third kappa shape index (κ3) is 11.2. The summed E-state index contributed by atoms with van der Waals surface area (Å²) in [6.07, 6.45) is 12.3. The Kier molecular flexibility index (Phi) is 14.6. The highest BCUT2D eigenvalue weighted by Crippen LogP contribution is 2.41. The van der Waals surface area contributed by atoms with Gasteiger partial charge in [-0.05, 0) is 156 Å². The number of hydrogen-bond acceptors (Lipinski definition) is 10. The molecule has 2 saturated heterocycles. The number of aromatic amines is 3. The fourth-order valence-electron chi connectivity index (χ4n) is 12.8. The Bertz CT molecular complexity index is 4630. The van der Waals surface area contributed by atoms with E-state index >= 15 is 8.78 Å². The number of benzene rings is 7.